The van der Waals surface area contributed by atoms with Gasteiger partial charge in [-0.2, -0.15) is 5.26 Å². The monoisotopic (exact) mass is 263 g/mol. The molecule has 1 atom stereocenters. The summed E-state index contributed by atoms with van der Waals surface area (Å²) in [5, 5.41) is 32.7. The van der Waals surface area contributed by atoms with Gasteiger partial charge in [-0.3, -0.25) is 10.1 Å². The average Bonchev–Trinajstić information content (AvgIpc) is 2.37. The molecule has 0 saturated carbocycles. The van der Waals surface area contributed by atoms with Crippen molar-refractivity contribution >= 4 is 11.4 Å². The van der Waals surface area contributed by atoms with E-state index < -0.39 is 10.5 Å². The summed E-state index contributed by atoms with van der Waals surface area (Å²) in [7, 11) is 0. The number of nitrogens with one attached hydrogen (secondary N) is 1. The van der Waals surface area contributed by atoms with Gasteiger partial charge in [0.1, 0.15) is 0 Å². The Labute approximate surface area is 111 Å². The minimum absolute atomic E-state index is 0.0994. The van der Waals surface area contributed by atoms with Gasteiger partial charge < -0.3 is 10.4 Å². The van der Waals surface area contributed by atoms with E-state index >= 15 is 0 Å². The third kappa shape index (κ3) is 3.66. The Balaban J connectivity index is 3.11. The van der Waals surface area contributed by atoms with E-state index in [2.05, 4.69) is 5.32 Å². The lowest BCUT2D eigenvalue weighted by Crippen LogP contribution is -2.32. The summed E-state index contributed by atoms with van der Waals surface area (Å²) in [4.78, 5) is 10.4. The van der Waals surface area contributed by atoms with Gasteiger partial charge >= 0.3 is 0 Å². The molecule has 0 amide bonds. The molecular weight excluding hydrogens is 246 g/mol. The van der Waals surface area contributed by atoms with Gasteiger partial charge in [0.2, 0.25) is 0 Å². The van der Waals surface area contributed by atoms with Gasteiger partial charge in [-0.1, -0.05) is 6.92 Å². The van der Waals surface area contributed by atoms with Crippen molar-refractivity contribution in [1.82, 2.24) is 0 Å². The normalized spacial score (nSPS) is 13.4. The van der Waals surface area contributed by atoms with E-state index in [-0.39, 0.29) is 17.8 Å². The first-order chi connectivity index (χ1) is 8.80. The highest BCUT2D eigenvalue weighted by molar-refractivity contribution is 5.64. The molecule has 0 aliphatic carbocycles. The minimum atomic E-state index is -0.899. The van der Waals surface area contributed by atoms with Gasteiger partial charge in [-0.05, 0) is 26.3 Å². The van der Waals surface area contributed by atoms with Crippen molar-refractivity contribution in [1.29, 1.82) is 5.26 Å². The molecule has 1 unspecified atom stereocenters. The molecule has 0 spiro atoms. The number of nitro benzene ring substituents is 1. The largest absolute Gasteiger partial charge is 0.388 e. The number of aliphatic hydroxyl groups is 1. The van der Waals surface area contributed by atoms with Gasteiger partial charge in [0, 0.05) is 23.9 Å². The highest BCUT2D eigenvalue weighted by atomic mass is 16.6. The van der Waals surface area contributed by atoms with Crippen LogP contribution in [0.15, 0.2) is 12.1 Å². The molecule has 0 radical (unpaired) electrons. The zero-order chi connectivity index (χ0) is 14.6. The van der Waals surface area contributed by atoms with E-state index in [1.807, 2.05) is 13.0 Å². The third-order valence-corrected chi connectivity index (χ3v) is 3.13. The van der Waals surface area contributed by atoms with Gasteiger partial charge in [-0.15, -0.1) is 0 Å². The maximum atomic E-state index is 10.9. The molecule has 0 fully saturated rings. The highest BCUT2D eigenvalue weighted by Gasteiger charge is 2.20. The van der Waals surface area contributed by atoms with Gasteiger partial charge in [-0.25, -0.2) is 0 Å². The molecule has 1 aromatic rings. The molecule has 0 saturated heterocycles. The first-order valence-electron chi connectivity index (χ1n) is 5.96. The summed E-state index contributed by atoms with van der Waals surface area (Å²) in [5.74, 6) is 0. The molecule has 0 aromatic heterocycles. The Morgan fingerprint density at radius 2 is 2.21 bits per heavy atom. The Kier molecular flexibility index (Phi) is 4.46. The van der Waals surface area contributed by atoms with Crippen LogP contribution in [0, 0.1) is 28.4 Å². The molecule has 1 aromatic carbocycles. The van der Waals surface area contributed by atoms with Gasteiger partial charge in [0.05, 0.1) is 22.2 Å². The summed E-state index contributed by atoms with van der Waals surface area (Å²) in [5.41, 5.74) is 0.174. The molecule has 19 heavy (non-hydrogen) atoms. The molecular formula is C13H17N3O3. The Hall–Kier alpha value is -2.13. The molecule has 2 N–H and O–H groups in total. The average molecular weight is 263 g/mol. The molecule has 0 aliphatic rings. The molecule has 0 heterocycles. The lowest BCUT2D eigenvalue weighted by molar-refractivity contribution is -0.385. The van der Waals surface area contributed by atoms with Crippen molar-refractivity contribution in [2.75, 3.05) is 11.9 Å². The molecule has 6 nitrogen and oxygen atoms in total. The van der Waals surface area contributed by atoms with Crippen LogP contribution in [0.5, 0.6) is 0 Å². The molecule has 6 heteroatoms. The summed E-state index contributed by atoms with van der Waals surface area (Å²) in [6, 6.07) is 4.69. The van der Waals surface area contributed by atoms with Crippen LogP contribution >= 0.6 is 0 Å². The summed E-state index contributed by atoms with van der Waals surface area (Å²) in [6.07, 6.45) is 0.555. The third-order valence-electron chi connectivity index (χ3n) is 3.13. The number of benzene rings is 1. The zero-order valence-electron chi connectivity index (χ0n) is 11.2. The number of hydrogen-bond acceptors (Lipinski definition) is 5. The second kappa shape index (κ2) is 5.67. The van der Waals surface area contributed by atoms with Crippen LogP contribution in [0.3, 0.4) is 0 Å². The van der Waals surface area contributed by atoms with Crippen LogP contribution in [0.2, 0.25) is 0 Å². The van der Waals surface area contributed by atoms with Crippen LogP contribution in [0.4, 0.5) is 11.4 Å². The maximum absolute atomic E-state index is 10.9. The quantitative estimate of drug-likeness (QED) is 0.627. The van der Waals surface area contributed by atoms with E-state index in [9.17, 15) is 15.2 Å². The van der Waals surface area contributed by atoms with Crippen molar-refractivity contribution in [2.24, 2.45) is 0 Å². The topological polar surface area (TPSA) is 99.2 Å². The number of anilines is 1. The molecule has 0 bridgehead atoms. The van der Waals surface area contributed by atoms with Crippen molar-refractivity contribution in [3.05, 3.63) is 33.4 Å². The minimum Gasteiger partial charge on any atom is -0.388 e. The fourth-order valence-electron chi connectivity index (χ4n) is 1.55. The Morgan fingerprint density at radius 1 is 1.58 bits per heavy atom. The van der Waals surface area contributed by atoms with Crippen LogP contribution in [-0.4, -0.2) is 22.2 Å². The Bertz CT molecular complexity index is 533. The van der Waals surface area contributed by atoms with E-state index in [0.29, 0.717) is 17.7 Å². The van der Waals surface area contributed by atoms with Gasteiger partial charge in [0.15, 0.2) is 0 Å². The van der Waals surface area contributed by atoms with Crippen molar-refractivity contribution < 1.29 is 10.0 Å². The van der Waals surface area contributed by atoms with E-state index in [0.717, 1.165) is 0 Å². The fourth-order valence-corrected chi connectivity index (χ4v) is 1.55. The predicted molar refractivity (Wildman–Crippen MR) is 72.0 cm³/mol. The first-order valence-corrected chi connectivity index (χ1v) is 5.96. The van der Waals surface area contributed by atoms with Gasteiger partial charge in [0.25, 0.3) is 5.69 Å². The fraction of sp³-hybridized carbons (Fsp3) is 0.462. The van der Waals surface area contributed by atoms with Crippen molar-refractivity contribution in [2.45, 2.75) is 32.8 Å². The smallest absolute Gasteiger partial charge is 0.275 e. The molecule has 1 rings (SSSR count). The lowest BCUT2D eigenvalue weighted by atomic mass is 10.0. The zero-order valence-corrected chi connectivity index (χ0v) is 11.2. The number of nitrogens with zero attached hydrogens (tertiary/aromatic N) is 2. The summed E-state index contributed by atoms with van der Waals surface area (Å²) >= 11 is 0. The first kappa shape index (κ1) is 14.9. The van der Waals surface area contributed by atoms with Crippen LogP contribution in [0.1, 0.15) is 31.4 Å². The van der Waals surface area contributed by atoms with E-state index in [1.54, 1.807) is 19.9 Å². The summed E-state index contributed by atoms with van der Waals surface area (Å²) < 4.78 is 0. The SMILES string of the molecule is CCC(C)(O)CNc1cc(C#N)cc([N+](=O)[O-])c1C. The van der Waals surface area contributed by atoms with E-state index in [4.69, 9.17) is 5.26 Å². The lowest BCUT2D eigenvalue weighted by Gasteiger charge is -2.23. The summed E-state index contributed by atoms with van der Waals surface area (Å²) in [6.45, 7) is 5.40. The van der Waals surface area contributed by atoms with E-state index in [1.165, 1.54) is 6.07 Å². The number of nitriles is 1. The number of rotatable bonds is 5. The predicted octanol–water partition coefficient (Wildman–Crippen LogP) is 2.35. The second-order valence-corrected chi connectivity index (χ2v) is 4.74. The van der Waals surface area contributed by atoms with Crippen LogP contribution in [-0.2, 0) is 0 Å². The van der Waals surface area contributed by atoms with Crippen LogP contribution < -0.4 is 5.32 Å². The second-order valence-electron chi connectivity index (χ2n) is 4.74. The molecule has 102 valence electrons. The van der Waals surface area contributed by atoms with Crippen LogP contribution in [0.25, 0.3) is 0 Å². The standard InChI is InChI=1S/C13H17N3O3/c1-4-13(3,17)8-15-11-5-10(7-14)6-12(9(11)2)16(18)19/h5-6,15,17H,4,8H2,1-3H3. The number of hydrogen-bond donors (Lipinski definition) is 2. The molecule has 0 aliphatic heterocycles. The Morgan fingerprint density at radius 3 is 2.68 bits per heavy atom. The highest BCUT2D eigenvalue weighted by Crippen LogP contribution is 2.28. The van der Waals surface area contributed by atoms with Crippen molar-refractivity contribution in [3.63, 3.8) is 0 Å². The van der Waals surface area contributed by atoms with Crippen molar-refractivity contribution in [3.8, 4) is 6.07 Å². The maximum Gasteiger partial charge on any atom is 0.275 e. The number of nitro groups is 1.